The number of benzene rings is 1. The van der Waals surface area contributed by atoms with E-state index in [1.165, 1.54) is 12.7 Å². The van der Waals surface area contributed by atoms with Gasteiger partial charge in [0, 0.05) is 32.7 Å². The van der Waals surface area contributed by atoms with Crippen LogP contribution in [0.1, 0.15) is 32.3 Å². The molecule has 0 amide bonds. The average molecular weight is 426 g/mol. The molecule has 0 aliphatic carbocycles. The predicted octanol–water partition coefficient (Wildman–Crippen LogP) is 1.70. The van der Waals surface area contributed by atoms with Crippen molar-refractivity contribution in [3.05, 3.63) is 35.9 Å². The van der Waals surface area contributed by atoms with Crippen LogP contribution < -0.4 is 4.72 Å². The molecule has 0 aromatic heterocycles. The van der Waals surface area contributed by atoms with Crippen molar-refractivity contribution in [3.63, 3.8) is 0 Å². The Morgan fingerprint density at radius 2 is 1.72 bits per heavy atom. The van der Waals surface area contributed by atoms with E-state index in [2.05, 4.69) is 38.8 Å². The van der Waals surface area contributed by atoms with Crippen LogP contribution in [0, 0.1) is 5.92 Å². The van der Waals surface area contributed by atoms with Gasteiger partial charge in [0.2, 0.25) is 10.0 Å². The number of ether oxygens (including phenoxy) is 1. The summed E-state index contributed by atoms with van der Waals surface area (Å²) in [4.78, 5) is 16.6. The highest BCUT2D eigenvalue weighted by Gasteiger charge is 2.26. The first-order valence-electron chi connectivity index (χ1n) is 10.4. The molecule has 1 aromatic carbocycles. The summed E-state index contributed by atoms with van der Waals surface area (Å²) in [7, 11) is -2.24. The molecule has 1 N–H and O–H groups in total. The van der Waals surface area contributed by atoms with Crippen molar-refractivity contribution in [2.45, 2.75) is 39.3 Å². The fourth-order valence-electron chi connectivity index (χ4n) is 3.57. The molecule has 29 heavy (non-hydrogen) atoms. The van der Waals surface area contributed by atoms with E-state index in [9.17, 15) is 13.2 Å². The summed E-state index contributed by atoms with van der Waals surface area (Å²) in [5.74, 6) is -0.325. The minimum absolute atomic E-state index is 0.0167. The van der Waals surface area contributed by atoms with Gasteiger partial charge in [-0.25, -0.2) is 13.1 Å². The topological polar surface area (TPSA) is 78.9 Å². The third-order valence-electron chi connectivity index (χ3n) is 5.12. The second-order valence-electron chi connectivity index (χ2n) is 8.10. The first-order chi connectivity index (χ1) is 13.8. The van der Waals surface area contributed by atoms with E-state index < -0.39 is 22.0 Å². The van der Waals surface area contributed by atoms with Crippen molar-refractivity contribution < 1.29 is 17.9 Å². The first kappa shape index (κ1) is 23.8. The molecule has 1 atom stereocenters. The summed E-state index contributed by atoms with van der Waals surface area (Å²) in [5, 5.41) is 0. The van der Waals surface area contributed by atoms with Crippen LogP contribution in [0.15, 0.2) is 30.3 Å². The molecule has 0 bridgehead atoms. The highest BCUT2D eigenvalue weighted by Crippen LogP contribution is 2.10. The molecule has 1 aliphatic heterocycles. The van der Waals surface area contributed by atoms with Crippen molar-refractivity contribution in [2.75, 3.05) is 45.6 Å². The number of nitrogens with one attached hydrogen (secondary N) is 1. The molecule has 0 saturated carbocycles. The van der Waals surface area contributed by atoms with Crippen molar-refractivity contribution in [1.29, 1.82) is 0 Å². The molecular formula is C21H35N3O4S. The van der Waals surface area contributed by atoms with Crippen LogP contribution in [0.5, 0.6) is 0 Å². The van der Waals surface area contributed by atoms with Gasteiger partial charge in [0.25, 0.3) is 0 Å². The summed E-state index contributed by atoms with van der Waals surface area (Å²) in [6, 6.07) is 9.63. The highest BCUT2D eigenvalue weighted by atomic mass is 32.2. The second-order valence-corrected chi connectivity index (χ2v) is 9.97. The monoisotopic (exact) mass is 425 g/mol. The lowest BCUT2D eigenvalue weighted by Gasteiger charge is -2.34. The van der Waals surface area contributed by atoms with E-state index in [0.717, 1.165) is 39.3 Å². The van der Waals surface area contributed by atoms with E-state index in [-0.39, 0.29) is 11.7 Å². The van der Waals surface area contributed by atoms with E-state index in [1.807, 2.05) is 19.9 Å². The normalized spacial score (nSPS) is 17.4. The fourth-order valence-corrected chi connectivity index (χ4v) is 4.83. The quantitative estimate of drug-likeness (QED) is 0.544. The van der Waals surface area contributed by atoms with Gasteiger partial charge in [0.1, 0.15) is 6.04 Å². The minimum Gasteiger partial charge on any atom is -0.468 e. The number of esters is 1. The second kappa shape index (κ2) is 11.6. The van der Waals surface area contributed by atoms with Crippen molar-refractivity contribution in [2.24, 2.45) is 5.92 Å². The number of piperazine rings is 1. The molecule has 0 radical (unpaired) electrons. The molecule has 1 heterocycles. The number of rotatable bonds is 11. The van der Waals surface area contributed by atoms with Gasteiger partial charge in [0.15, 0.2) is 0 Å². The Hall–Kier alpha value is -1.48. The van der Waals surface area contributed by atoms with Gasteiger partial charge >= 0.3 is 5.97 Å². The van der Waals surface area contributed by atoms with Gasteiger partial charge in [-0.3, -0.25) is 9.69 Å². The lowest BCUT2D eigenvalue weighted by Crippen LogP contribution is -2.47. The molecule has 2 rings (SSSR count). The third kappa shape index (κ3) is 8.82. The van der Waals surface area contributed by atoms with Crippen LogP contribution >= 0.6 is 0 Å². The van der Waals surface area contributed by atoms with E-state index in [1.54, 1.807) is 0 Å². The zero-order valence-corrected chi connectivity index (χ0v) is 18.7. The van der Waals surface area contributed by atoms with Crippen LogP contribution in [0.4, 0.5) is 0 Å². The summed E-state index contributed by atoms with van der Waals surface area (Å²) < 4.78 is 32.0. The molecule has 1 saturated heterocycles. The Balaban J connectivity index is 1.71. The van der Waals surface area contributed by atoms with Gasteiger partial charge < -0.3 is 9.64 Å². The summed E-state index contributed by atoms with van der Waals surface area (Å²) in [5.41, 5.74) is 1.32. The Bertz CT molecular complexity index is 717. The maximum absolute atomic E-state index is 12.4. The molecule has 1 aromatic rings. The molecular weight excluding hydrogens is 390 g/mol. The Kier molecular flexibility index (Phi) is 9.55. The van der Waals surface area contributed by atoms with E-state index in [4.69, 9.17) is 4.74 Å². The van der Waals surface area contributed by atoms with Crippen molar-refractivity contribution in [1.82, 2.24) is 14.5 Å². The highest BCUT2D eigenvalue weighted by molar-refractivity contribution is 7.89. The largest absolute Gasteiger partial charge is 0.468 e. The molecule has 1 aliphatic rings. The van der Waals surface area contributed by atoms with Crippen molar-refractivity contribution in [3.8, 4) is 0 Å². The predicted molar refractivity (Wildman–Crippen MR) is 115 cm³/mol. The minimum atomic E-state index is -3.52. The third-order valence-corrected chi connectivity index (χ3v) is 6.59. The van der Waals surface area contributed by atoms with Crippen LogP contribution in [-0.2, 0) is 26.1 Å². The van der Waals surface area contributed by atoms with Gasteiger partial charge in [0.05, 0.1) is 12.9 Å². The van der Waals surface area contributed by atoms with Crippen LogP contribution in [0.3, 0.4) is 0 Å². The molecule has 164 valence electrons. The zero-order valence-electron chi connectivity index (χ0n) is 17.8. The molecule has 1 fully saturated rings. The smallest absolute Gasteiger partial charge is 0.323 e. The maximum atomic E-state index is 12.4. The number of carbonyl (C=O) groups excluding carboxylic acids is 1. The standard InChI is InChI=1S/C21H35N3O4S/c1-18(2)16-20(21(25)28-3)22-29(26,27)15-7-10-23-11-13-24(14-12-23)17-19-8-5-4-6-9-19/h4-6,8-9,18,20,22H,7,10-17H2,1-3H3/t20-/m0/s1. The van der Waals surface area contributed by atoms with Crippen molar-refractivity contribution >= 4 is 16.0 Å². The van der Waals surface area contributed by atoms with Gasteiger partial charge in [-0.05, 0) is 30.9 Å². The SMILES string of the molecule is COC(=O)[C@H](CC(C)C)NS(=O)(=O)CCCN1CCN(Cc2ccccc2)CC1. The summed E-state index contributed by atoms with van der Waals surface area (Å²) in [6.07, 6.45) is 0.971. The van der Waals surface area contributed by atoms with Crippen LogP contribution in [0.2, 0.25) is 0 Å². The maximum Gasteiger partial charge on any atom is 0.323 e. The summed E-state index contributed by atoms with van der Waals surface area (Å²) in [6.45, 7) is 9.45. The van der Waals surface area contributed by atoms with Crippen LogP contribution in [0.25, 0.3) is 0 Å². The Morgan fingerprint density at radius 3 is 2.31 bits per heavy atom. The molecule has 0 unspecified atom stereocenters. The van der Waals surface area contributed by atoms with Crippen LogP contribution in [-0.4, -0.2) is 75.8 Å². The number of nitrogens with zero attached hydrogens (tertiary/aromatic N) is 2. The van der Waals surface area contributed by atoms with Gasteiger partial charge in [-0.1, -0.05) is 44.2 Å². The number of hydrogen-bond donors (Lipinski definition) is 1. The average Bonchev–Trinajstić information content (AvgIpc) is 2.68. The number of hydrogen-bond acceptors (Lipinski definition) is 6. The molecule has 0 spiro atoms. The number of methoxy groups -OCH3 is 1. The number of carbonyl (C=O) groups is 1. The summed E-state index contributed by atoms with van der Waals surface area (Å²) >= 11 is 0. The lowest BCUT2D eigenvalue weighted by atomic mass is 10.1. The fraction of sp³-hybridized carbons (Fsp3) is 0.667. The number of sulfonamides is 1. The lowest BCUT2D eigenvalue weighted by molar-refractivity contribution is -0.143. The Labute approximate surface area is 175 Å². The van der Waals surface area contributed by atoms with E-state index >= 15 is 0 Å². The van der Waals surface area contributed by atoms with Gasteiger partial charge in [-0.15, -0.1) is 0 Å². The molecule has 8 heteroatoms. The molecule has 7 nitrogen and oxygen atoms in total. The van der Waals surface area contributed by atoms with Gasteiger partial charge in [-0.2, -0.15) is 0 Å². The Morgan fingerprint density at radius 1 is 1.10 bits per heavy atom. The van der Waals surface area contributed by atoms with E-state index in [0.29, 0.717) is 12.8 Å². The first-order valence-corrected chi connectivity index (χ1v) is 12.0. The zero-order chi connectivity index (χ0) is 21.3.